The van der Waals surface area contributed by atoms with Crippen molar-refractivity contribution in [2.45, 2.75) is 59.0 Å². The van der Waals surface area contributed by atoms with E-state index >= 15 is 0 Å². The molecule has 2 aromatic rings. The molecule has 42 heavy (non-hydrogen) atoms. The van der Waals surface area contributed by atoms with Gasteiger partial charge in [0.1, 0.15) is 17.0 Å². The summed E-state index contributed by atoms with van der Waals surface area (Å²) in [6.45, 7) is 11.5. The van der Waals surface area contributed by atoms with E-state index < -0.39 is 11.5 Å². The van der Waals surface area contributed by atoms with Gasteiger partial charge in [0.2, 0.25) is 5.88 Å². The number of amides is 2. The van der Waals surface area contributed by atoms with E-state index in [1.807, 2.05) is 27.7 Å². The summed E-state index contributed by atoms with van der Waals surface area (Å²) in [4.78, 5) is 46.6. The Balaban J connectivity index is 1.57. The second kappa shape index (κ2) is 13.9. The molecule has 3 heterocycles. The molecule has 0 bridgehead atoms. The number of primary amides is 1. The molecule has 0 aliphatic carbocycles. The summed E-state index contributed by atoms with van der Waals surface area (Å²) in [5.74, 6) is -0.0202. The molecule has 2 saturated heterocycles. The normalized spacial score (nSPS) is 17.5. The van der Waals surface area contributed by atoms with Gasteiger partial charge in [-0.1, -0.05) is 6.92 Å². The lowest BCUT2D eigenvalue weighted by molar-refractivity contribution is -0.156. The number of carbonyl (C=O) groups excluding carboxylic acids is 3. The SMILES string of the molecule is CCCOc1nc(N2CCC[C@@H](CC(=O)OC(C)(C)C)C2)cc(Nc2ccc(C(=O)N3CCOCC3)cc2)c1C(N)=O. The molecule has 2 aliphatic rings. The standard InChI is InChI=1S/C31H43N5O6/c1-5-15-41-29-27(28(32)38)24(33-23-10-8-22(9-11-23)30(39)35-13-16-40-17-14-35)19-25(34-29)36-12-6-7-21(20-36)18-26(37)42-31(2,3)4/h8-11,19,21H,5-7,12-18,20H2,1-4H3,(H2,32,38)(H,33,34)/t21-/m0/s1. The Hall–Kier alpha value is -3.86. The number of morpholine rings is 1. The second-order valence-corrected chi connectivity index (χ2v) is 11.8. The Morgan fingerprint density at radius 3 is 2.48 bits per heavy atom. The van der Waals surface area contributed by atoms with Crippen molar-refractivity contribution in [1.82, 2.24) is 9.88 Å². The zero-order valence-corrected chi connectivity index (χ0v) is 25.1. The number of benzene rings is 1. The fourth-order valence-corrected chi connectivity index (χ4v) is 5.17. The molecular formula is C31H43N5O6. The van der Waals surface area contributed by atoms with E-state index in [0.29, 0.717) is 68.6 Å². The highest BCUT2D eigenvalue weighted by atomic mass is 16.6. The number of hydrogen-bond acceptors (Lipinski definition) is 9. The van der Waals surface area contributed by atoms with Crippen LogP contribution in [0.3, 0.4) is 0 Å². The zero-order chi connectivity index (χ0) is 30.3. The van der Waals surface area contributed by atoms with Crippen LogP contribution >= 0.6 is 0 Å². The van der Waals surface area contributed by atoms with Crippen molar-refractivity contribution >= 4 is 35.0 Å². The molecule has 0 saturated carbocycles. The van der Waals surface area contributed by atoms with E-state index in [4.69, 9.17) is 24.9 Å². The van der Waals surface area contributed by atoms with Gasteiger partial charge in [-0.3, -0.25) is 14.4 Å². The minimum absolute atomic E-state index is 0.0461. The Morgan fingerprint density at radius 2 is 1.83 bits per heavy atom. The lowest BCUT2D eigenvalue weighted by atomic mass is 9.94. The van der Waals surface area contributed by atoms with Gasteiger partial charge in [-0.15, -0.1) is 0 Å². The number of nitrogens with one attached hydrogen (secondary N) is 1. The predicted octanol–water partition coefficient (Wildman–Crippen LogP) is 4.13. The average Bonchev–Trinajstić information content (AvgIpc) is 2.95. The highest BCUT2D eigenvalue weighted by molar-refractivity contribution is 6.02. The first-order valence-corrected chi connectivity index (χ1v) is 14.7. The highest BCUT2D eigenvalue weighted by Gasteiger charge is 2.28. The molecule has 11 nitrogen and oxygen atoms in total. The first kappa shape index (κ1) is 31.1. The zero-order valence-electron chi connectivity index (χ0n) is 25.1. The van der Waals surface area contributed by atoms with Crippen molar-refractivity contribution in [2.24, 2.45) is 11.7 Å². The number of rotatable bonds is 10. The lowest BCUT2D eigenvalue weighted by Crippen LogP contribution is -2.40. The molecule has 11 heteroatoms. The van der Waals surface area contributed by atoms with Crippen LogP contribution in [-0.2, 0) is 14.3 Å². The predicted molar refractivity (Wildman–Crippen MR) is 160 cm³/mol. The molecule has 2 aliphatic heterocycles. The third-order valence-electron chi connectivity index (χ3n) is 7.09. The van der Waals surface area contributed by atoms with Crippen molar-refractivity contribution in [1.29, 1.82) is 0 Å². The topological polar surface area (TPSA) is 136 Å². The summed E-state index contributed by atoms with van der Waals surface area (Å²) in [7, 11) is 0. The molecule has 0 spiro atoms. The molecule has 228 valence electrons. The van der Waals surface area contributed by atoms with Crippen molar-refractivity contribution in [3.05, 3.63) is 41.5 Å². The lowest BCUT2D eigenvalue weighted by Gasteiger charge is -2.34. The molecule has 1 aromatic heterocycles. The van der Waals surface area contributed by atoms with Crippen LogP contribution in [0.1, 0.15) is 74.1 Å². The van der Waals surface area contributed by atoms with Crippen LogP contribution in [0.2, 0.25) is 0 Å². The van der Waals surface area contributed by atoms with Gasteiger partial charge in [-0.05, 0) is 70.2 Å². The first-order chi connectivity index (χ1) is 20.0. The minimum atomic E-state index is -0.664. The van der Waals surface area contributed by atoms with Gasteiger partial charge in [0, 0.05) is 43.5 Å². The molecule has 1 atom stereocenters. The summed E-state index contributed by atoms with van der Waals surface area (Å²) >= 11 is 0. The third kappa shape index (κ3) is 8.34. The van der Waals surface area contributed by atoms with Crippen LogP contribution in [0.5, 0.6) is 5.88 Å². The summed E-state index contributed by atoms with van der Waals surface area (Å²) in [5, 5.41) is 3.30. The number of nitrogens with zero attached hydrogens (tertiary/aromatic N) is 3. The fourth-order valence-electron chi connectivity index (χ4n) is 5.17. The molecule has 2 fully saturated rings. The molecule has 3 N–H and O–H groups in total. The maximum absolute atomic E-state index is 12.9. The first-order valence-electron chi connectivity index (χ1n) is 14.7. The molecule has 1 aromatic carbocycles. The smallest absolute Gasteiger partial charge is 0.306 e. The van der Waals surface area contributed by atoms with Crippen LogP contribution in [0.25, 0.3) is 0 Å². The summed E-state index contributed by atoms with van der Waals surface area (Å²) in [6, 6.07) is 8.90. The highest BCUT2D eigenvalue weighted by Crippen LogP contribution is 2.34. The number of aromatic nitrogens is 1. The van der Waals surface area contributed by atoms with Gasteiger partial charge < -0.3 is 35.1 Å². The quantitative estimate of drug-likeness (QED) is 0.397. The van der Waals surface area contributed by atoms with Crippen molar-refractivity contribution in [3.8, 4) is 5.88 Å². The number of anilines is 3. The maximum atomic E-state index is 12.9. The molecule has 4 rings (SSSR count). The van der Waals surface area contributed by atoms with Crippen LogP contribution in [0, 0.1) is 5.92 Å². The van der Waals surface area contributed by atoms with Gasteiger partial charge in [0.05, 0.1) is 31.9 Å². The van der Waals surface area contributed by atoms with E-state index in [1.54, 1.807) is 35.2 Å². The number of nitrogens with two attached hydrogens (primary N) is 1. The third-order valence-corrected chi connectivity index (χ3v) is 7.09. The Bertz CT molecular complexity index is 1250. The summed E-state index contributed by atoms with van der Waals surface area (Å²) < 4.78 is 16.8. The van der Waals surface area contributed by atoms with Gasteiger partial charge in [-0.2, -0.15) is 4.98 Å². The number of esters is 1. The van der Waals surface area contributed by atoms with E-state index in [0.717, 1.165) is 25.8 Å². The van der Waals surface area contributed by atoms with Crippen LogP contribution in [0.15, 0.2) is 30.3 Å². The van der Waals surface area contributed by atoms with E-state index in [1.165, 1.54) is 0 Å². The molecule has 0 radical (unpaired) electrons. The maximum Gasteiger partial charge on any atom is 0.306 e. The summed E-state index contributed by atoms with van der Waals surface area (Å²) in [6.07, 6.45) is 2.86. The monoisotopic (exact) mass is 581 g/mol. The second-order valence-electron chi connectivity index (χ2n) is 11.8. The van der Waals surface area contributed by atoms with Gasteiger partial charge in [0.25, 0.3) is 11.8 Å². The Labute approximate surface area is 247 Å². The van der Waals surface area contributed by atoms with Crippen LogP contribution in [-0.4, -0.2) is 79.3 Å². The van der Waals surface area contributed by atoms with E-state index in [2.05, 4.69) is 10.2 Å². The minimum Gasteiger partial charge on any atom is -0.477 e. The number of pyridine rings is 1. The van der Waals surface area contributed by atoms with Crippen LogP contribution in [0.4, 0.5) is 17.2 Å². The Morgan fingerprint density at radius 1 is 1.12 bits per heavy atom. The van der Waals surface area contributed by atoms with Crippen LogP contribution < -0.4 is 20.7 Å². The number of piperidine rings is 1. The fraction of sp³-hybridized carbons (Fsp3) is 0.548. The largest absolute Gasteiger partial charge is 0.477 e. The van der Waals surface area contributed by atoms with E-state index in [9.17, 15) is 14.4 Å². The molecule has 2 amide bonds. The average molecular weight is 582 g/mol. The van der Waals surface area contributed by atoms with Crippen molar-refractivity contribution in [3.63, 3.8) is 0 Å². The Kier molecular flexibility index (Phi) is 10.3. The van der Waals surface area contributed by atoms with E-state index in [-0.39, 0.29) is 29.2 Å². The van der Waals surface area contributed by atoms with Gasteiger partial charge in [0.15, 0.2) is 0 Å². The van der Waals surface area contributed by atoms with Crippen molar-refractivity contribution in [2.75, 3.05) is 56.2 Å². The van der Waals surface area contributed by atoms with Gasteiger partial charge >= 0.3 is 5.97 Å². The number of carbonyl (C=O) groups is 3. The summed E-state index contributed by atoms with van der Waals surface area (Å²) in [5.41, 5.74) is 7.15. The van der Waals surface area contributed by atoms with Gasteiger partial charge in [-0.25, -0.2) is 0 Å². The number of ether oxygens (including phenoxy) is 3. The molecular weight excluding hydrogens is 538 g/mol. The molecule has 0 unspecified atom stereocenters. The number of hydrogen-bond donors (Lipinski definition) is 2. The van der Waals surface area contributed by atoms with Crippen molar-refractivity contribution < 1.29 is 28.6 Å².